The third-order valence-electron chi connectivity index (χ3n) is 3.84. The largest absolute Gasteiger partial charge is 0.339 e. The van der Waals surface area contributed by atoms with Gasteiger partial charge in [0.15, 0.2) is 0 Å². The summed E-state index contributed by atoms with van der Waals surface area (Å²) in [5.74, 6) is -0.00243. The van der Waals surface area contributed by atoms with Crippen LogP contribution in [0.5, 0.6) is 0 Å². The summed E-state index contributed by atoms with van der Waals surface area (Å²) in [6.45, 7) is 4.03. The first-order chi connectivity index (χ1) is 10.1. The molecule has 1 saturated heterocycles. The summed E-state index contributed by atoms with van der Waals surface area (Å²) in [7, 11) is 0. The lowest BCUT2D eigenvalue weighted by Crippen LogP contribution is -2.28. The zero-order valence-electron chi connectivity index (χ0n) is 12.9. The smallest absolute Gasteiger partial charge is 0.254 e. The van der Waals surface area contributed by atoms with Gasteiger partial charge in [-0.25, -0.2) is 0 Å². The molecule has 122 valence electrons. The molecule has 0 atom stereocenters. The van der Waals surface area contributed by atoms with Gasteiger partial charge in [0, 0.05) is 30.8 Å². The van der Waals surface area contributed by atoms with Crippen LogP contribution in [0.3, 0.4) is 0 Å². The number of amides is 2. The van der Waals surface area contributed by atoms with Gasteiger partial charge in [-0.05, 0) is 50.4 Å². The monoisotopic (exact) mass is 325 g/mol. The van der Waals surface area contributed by atoms with E-state index in [4.69, 9.17) is 5.73 Å². The standard InChI is InChI=1S/C16H23N3O2.ClH/c1-12-13(16(21)19-10-2-3-11-19)6-4-7-14(12)18-15(20)8-5-9-17;/h4,6-7H,2-3,5,8-11,17H2,1H3,(H,18,20);1H. The molecule has 0 saturated carbocycles. The van der Waals surface area contributed by atoms with Crippen LogP contribution in [0.2, 0.25) is 0 Å². The Bertz CT molecular complexity index is 528. The van der Waals surface area contributed by atoms with Crippen LogP contribution < -0.4 is 11.1 Å². The number of rotatable bonds is 5. The van der Waals surface area contributed by atoms with Crippen molar-refractivity contribution in [2.45, 2.75) is 32.6 Å². The summed E-state index contributed by atoms with van der Waals surface area (Å²) >= 11 is 0. The Kier molecular flexibility index (Phi) is 7.35. The van der Waals surface area contributed by atoms with Gasteiger partial charge >= 0.3 is 0 Å². The minimum absolute atomic E-state index is 0. The van der Waals surface area contributed by atoms with Crippen molar-refractivity contribution in [1.82, 2.24) is 4.90 Å². The molecular weight excluding hydrogens is 302 g/mol. The topological polar surface area (TPSA) is 75.4 Å². The minimum Gasteiger partial charge on any atom is -0.339 e. The highest BCUT2D eigenvalue weighted by Gasteiger charge is 2.21. The molecule has 0 aromatic heterocycles. The molecule has 0 spiro atoms. The van der Waals surface area contributed by atoms with Crippen molar-refractivity contribution in [3.63, 3.8) is 0 Å². The van der Waals surface area contributed by atoms with Gasteiger partial charge in [-0.1, -0.05) is 6.07 Å². The van der Waals surface area contributed by atoms with Gasteiger partial charge in [0.05, 0.1) is 0 Å². The number of likely N-dealkylation sites (tertiary alicyclic amines) is 1. The Morgan fingerprint density at radius 1 is 1.27 bits per heavy atom. The van der Waals surface area contributed by atoms with E-state index in [0.717, 1.165) is 31.5 Å². The molecule has 5 nitrogen and oxygen atoms in total. The van der Waals surface area contributed by atoms with E-state index in [1.54, 1.807) is 0 Å². The third-order valence-corrected chi connectivity index (χ3v) is 3.84. The molecule has 0 radical (unpaired) electrons. The number of nitrogens with one attached hydrogen (secondary N) is 1. The van der Waals surface area contributed by atoms with Gasteiger partial charge in [0.25, 0.3) is 5.91 Å². The summed E-state index contributed by atoms with van der Waals surface area (Å²) in [6.07, 6.45) is 3.21. The molecule has 0 aliphatic carbocycles. The summed E-state index contributed by atoms with van der Waals surface area (Å²) < 4.78 is 0. The van der Waals surface area contributed by atoms with Crippen LogP contribution in [0.4, 0.5) is 5.69 Å². The van der Waals surface area contributed by atoms with Gasteiger partial charge in [-0.2, -0.15) is 0 Å². The Balaban J connectivity index is 0.00000242. The average Bonchev–Trinajstić information content (AvgIpc) is 3.01. The fourth-order valence-electron chi connectivity index (χ4n) is 2.57. The van der Waals surface area contributed by atoms with Crippen LogP contribution in [0, 0.1) is 6.92 Å². The van der Waals surface area contributed by atoms with Crippen LogP contribution in [0.25, 0.3) is 0 Å². The summed E-state index contributed by atoms with van der Waals surface area (Å²) in [4.78, 5) is 26.2. The highest BCUT2D eigenvalue weighted by atomic mass is 35.5. The zero-order valence-corrected chi connectivity index (χ0v) is 13.7. The molecule has 2 rings (SSSR count). The Morgan fingerprint density at radius 3 is 2.59 bits per heavy atom. The Hall–Kier alpha value is -1.59. The van der Waals surface area contributed by atoms with Gasteiger partial charge < -0.3 is 16.0 Å². The van der Waals surface area contributed by atoms with Gasteiger partial charge in [-0.3, -0.25) is 9.59 Å². The lowest BCUT2D eigenvalue weighted by molar-refractivity contribution is -0.116. The summed E-state index contributed by atoms with van der Waals surface area (Å²) in [5, 5.41) is 2.87. The number of halogens is 1. The number of nitrogens with two attached hydrogens (primary N) is 1. The van der Waals surface area contributed by atoms with E-state index in [9.17, 15) is 9.59 Å². The molecule has 0 unspecified atom stereocenters. The Morgan fingerprint density at radius 2 is 1.95 bits per heavy atom. The molecule has 1 aliphatic heterocycles. The SMILES string of the molecule is Cc1c(NC(=O)CCCN)cccc1C(=O)N1CCCC1.Cl. The lowest BCUT2D eigenvalue weighted by atomic mass is 10.1. The number of nitrogens with zero attached hydrogens (tertiary/aromatic N) is 1. The predicted molar refractivity (Wildman–Crippen MR) is 90.5 cm³/mol. The summed E-state index contributed by atoms with van der Waals surface area (Å²) in [6, 6.07) is 5.47. The molecule has 2 amide bonds. The summed E-state index contributed by atoms with van der Waals surface area (Å²) in [5.41, 5.74) is 7.62. The fraction of sp³-hybridized carbons (Fsp3) is 0.500. The first-order valence-corrected chi connectivity index (χ1v) is 7.52. The second-order valence-electron chi connectivity index (χ2n) is 5.42. The van der Waals surface area contributed by atoms with E-state index in [2.05, 4.69) is 5.32 Å². The Labute approximate surface area is 137 Å². The van der Waals surface area contributed by atoms with Crippen molar-refractivity contribution >= 4 is 29.9 Å². The highest BCUT2D eigenvalue weighted by Crippen LogP contribution is 2.22. The number of benzene rings is 1. The first kappa shape index (κ1) is 18.5. The van der Waals surface area contributed by atoms with Gasteiger partial charge in [-0.15, -0.1) is 12.4 Å². The number of anilines is 1. The fourth-order valence-corrected chi connectivity index (χ4v) is 2.57. The first-order valence-electron chi connectivity index (χ1n) is 7.52. The van der Waals surface area contributed by atoms with E-state index in [-0.39, 0.29) is 24.2 Å². The maximum absolute atomic E-state index is 12.5. The molecule has 22 heavy (non-hydrogen) atoms. The molecule has 1 aliphatic rings. The molecular formula is C16H24ClN3O2. The lowest BCUT2D eigenvalue weighted by Gasteiger charge is -2.18. The van der Waals surface area contributed by atoms with Crippen LogP contribution in [-0.2, 0) is 4.79 Å². The average molecular weight is 326 g/mol. The minimum atomic E-state index is -0.0608. The van der Waals surface area contributed by atoms with Crippen molar-refractivity contribution < 1.29 is 9.59 Å². The van der Waals surface area contributed by atoms with E-state index in [0.29, 0.717) is 30.6 Å². The predicted octanol–water partition coefficient (Wildman–Crippen LogP) is 2.33. The third kappa shape index (κ3) is 4.45. The van der Waals surface area contributed by atoms with E-state index >= 15 is 0 Å². The molecule has 1 fully saturated rings. The van der Waals surface area contributed by atoms with Gasteiger partial charge in [0.1, 0.15) is 0 Å². The normalized spacial score (nSPS) is 13.6. The molecule has 0 bridgehead atoms. The van der Waals surface area contributed by atoms with Crippen molar-refractivity contribution in [3.8, 4) is 0 Å². The van der Waals surface area contributed by atoms with Crippen molar-refractivity contribution in [3.05, 3.63) is 29.3 Å². The molecule has 1 aromatic rings. The van der Waals surface area contributed by atoms with Crippen LogP contribution in [0.1, 0.15) is 41.6 Å². The molecule has 1 aromatic carbocycles. The maximum atomic E-state index is 12.5. The molecule has 1 heterocycles. The number of carbonyl (C=O) groups excluding carboxylic acids is 2. The van der Waals surface area contributed by atoms with Gasteiger partial charge in [0.2, 0.25) is 5.91 Å². The van der Waals surface area contributed by atoms with Crippen molar-refractivity contribution in [2.24, 2.45) is 5.73 Å². The van der Waals surface area contributed by atoms with Crippen LogP contribution >= 0.6 is 12.4 Å². The van der Waals surface area contributed by atoms with Crippen LogP contribution in [-0.4, -0.2) is 36.3 Å². The maximum Gasteiger partial charge on any atom is 0.254 e. The van der Waals surface area contributed by atoms with E-state index in [1.807, 2.05) is 30.0 Å². The van der Waals surface area contributed by atoms with Crippen molar-refractivity contribution in [1.29, 1.82) is 0 Å². The zero-order chi connectivity index (χ0) is 15.2. The van der Waals surface area contributed by atoms with Crippen molar-refractivity contribution in [2.75, 3.05) is 25.0 Å². The second kappa shape index (κ2) is 8.76. The van der Waals surface area contributed by atoms with E-state index in [1.165, 1.54) is 0 Å². The quantitative estimate of drug-likeness (QED) is 0.872. The van der Waals surface area contributed by atoms with E-state index < -0.39 is 0 Å². The molecule has 3 N–H and O–H groups in total. The second-order valence-corrected chi connectivity index (χ2v) is 5.42. The van der Waals surface area contributed by atoms with Crippen LogP contribution in [0.15, 0.2) is 18.2 Å². The number of carbonyl (C=O) groups is 2. The number of hydrogen-bond acceptors (Lipinski definition) is 3. The highest BCUT2D eigenvalue weighted by molar-refractivity contribution is 5.99. The molecule has 6 heteroatoms. The number of hydrogen-bond donors (Lipinski definition) is 2.